The van der Waals surface area contributed by atoms with Gasteiger partial charge in [-0.25, -0.2) is 43.6 Å². The van der Waals surface area contributed by atoms with E-state index < -0.39 is 20.7 Å². The van der Waals surface area contributed by atoms with Gasteiger partial charge in [0.05, 0.1) is 68.8 Å². The maximum atomic E-state index is 10.5. The van der Waals surface area contributed by atoms with Crippen molar-refractivity contribution in [1.82, 2.24) is 97.0 Å². The Kier molecular flexibility index (Phi) is 27.8. The molecule has 12 fully saturated rings. The van der Waals surface area contributed by atoms with Crippen molar-refractivity contribution >= 4 is 98.0 Å². The second kappa shape index (κ2) is 38.1. The van der Waals surface area contributed by atoms with Crippen LogP contribution in [0, 0.1) is 57.4 Å². The summed E-state index contributed by atoms with van der Waals surface area (Å²) in [5, 5.41) is 125. The van der Waals surface area contributed by atoms with Crippen molar-refractivity contribution in [2.45, 2.75) is 234 Å². The van der Waals surface area contributed by atoms with Crippen molar-refractivity contribution in [2.75, 3.05) is 54.7 Å². The van der Waals surface area contributed by atoms with Gasteiger partial charge in [-0.3, -0.25) is 0 Å². The van der Waals surface area contributed by atoms with E-state index in [9.17, 15) is 55.9 Å². The molecule has 42 nitrogen and oxygen atoms in total. The first-order valence-electron chi connectivity index (χ1n) is 41.8. The van der Waals surface area contributed by atoms with Crippen LogP contribution in [0.4, 0.5) is 46.7 Å². The van der Waals surface area contributed by atoms with Gasteiger partial charge < -0.3 is 112 Å². The van der Waals surface area contributed by atoms with Crippen molar-refractivity contribution < 1.29 is 57.2 Å². The number of aliphatic hydroxyl groups is 8. The highest BCUT2D eigenvalue weighted by atomic mass is 35.5. The van der Waals surface area contributed by atoms with Crippen LogP contribution in [-0.2, 0) is 0 Å². The van der Waals surface area contributed by atoms with Gasteiger partial charge in [-0.2, -0.15) is 9.97 Å². The second-order valence-corrected chi connectivity index (χ2v) is 36.5. The number of nitrogens with two attached hydrogens (primary N) is 2. The molecule has 2 aliphatic heterocycles. The van der Waals surface area contributed by atoms with Gasteiger partial charge in [0.2, 0.25) is 22.8 Å². The standard InChI is InChI=1S/C21H27N7O2.C16H17ClN6O.C10H13N3O3.C10H15N3O.C7H13NO.C6H3Cl2N3.C5H11NO.C3H2N4O4.CH4O.CH4.H2/c29-12-14-3-1-5-27(14)20-24-19(17-4-2-6-28(17)25-20)23-18-11-26(13-22-18)15-7-21(8-15)9-16(30)10-21;17-15-20-14(12-2-1-3-23(12)21-15)19-13-8-22(9-18-13)10-4-16(5-10)6-11(24)7-16;14-8-3-10(4-8)1-7(2-10)12-5-9(11-6-12)13(15)16;11-9-5-13(6-12-9)7-1-10(2-7)3-8(14)4-10;8-5-1-7(2-5)3-6(9)4-7;7-5-4-2-1-3-11(4)10-6(8)9-5;7-4-5-2-1-3-6-5;8-6(9)3-1-5(2-4-3)7(10)11;1-2;;/h2,4,6,11,13-16,29-30H,1,3,5,7-10,12H2,(H,23,24,25);1-3,8-11,24H,4-7H2,(H,19,20,21);5-8,14H,1-4H2;5-8,14H,1-4,11H2;5-6,9H,1-4,8H2;1-3H;5-7H,1-4H2;1-2H;2H,1H3;1H4;1H/t14-,15?,16?,21?;;;;;;5-;;;;/m0.....0..../s1. The number of anilines is 6. The minimum atomic E-state index is -0.819. The first-order chi connectivity index (χ1) is 59.5. The van der Waals surface area contributed by atoms with Crippen molar-refractivity contribution in [3.63, 3.8) is 0 Å². The largest absolute Gasteiger partial charge is 0.400 e. The average Bonchev–Trinajstić information content (AvgIpc) is 1.28. The number of halogens is 3. The molecule has 0 aromatic carbocycles. The van der Waals surface area contributed by atoms with E-state index in [4.69, 9.17) is 66.6 Å². The van der Waals surface area contributed by atoms with Crippen molar-refractivity contribution in [3.05, 3.63) is 164 Å². The normalized spacial score (nSPS) is 29.8. The Morgan fingerprint density at radius 1 is 0.504 bits per heavy atom. The van der Waals surface area contributed by atoms with E-state index in [1.165, 1.54) is 31.8 Å². The molecule has 2 saturated heterocycles. The molecule has 23 rings (SSSR count). The van der Waals surface area contributed by atoms with Crippen LogP contribution >= 0.6 is 34.8 Å². The molecule has 10 saturated carbocycles. The van der Waals surface area contributed by atoms with Gasteiger partial charge in [-0.15, -0.1) is 15.3 Å². The van der Waals surface area contributed by atoms with Gasteiger partial charge in [0.15, 0.2) is 28.0 Å². The van der Waals surface area contributed by atoms with E-state index in [1.807, 2.05) is 95.4 Å². The number of hydrogen-bond acceptors (Lipinski definition) is 31. The molecule has 11 aromatic heterocycles. The van der Waals surface area contributed by atoms with Gasteiger partial charge >= 0.3 is 11.6 Å². The van der Waals surface area contributed by atoms with Crippen molar-refractivity contribution in [2.24, 2.45) is 32.8 Å². The Morgan fingerprint density at radius 2 is 0.912 bits per heavy atom. The Morgan fingerprint density at radius 3 is 1.30 bits per heavy atom. The topological polar surface area (TPSA) is 562 Å². The maximum Gasteiger partial charge on any atom is 0.388 e. The third-order valence-electron chi connectivity index (χ3n) is 26.4. The summed E-state index contributed by atoms with van der Waals surface area (Å²) in [6.45, 7) is 2.36. The highest BCUT2D eigenvalue weighted by Crippen LogP contribution is 2.64. The fraction of sp³-hybridized carbons (Fsp3) is 0.588. The molecule has 125 heavy (non-hydrogen) atoms. The van der Waals surface area contributed by atoms with Crippen LogP contribution < -0.4 is 32.3 Å². The van der Waals surface area contributed by atoms with Gasteiger partial charge in [-0.1, -0.05) is 19.0 Å². The number of rotatable bonds is 14. The molecule has 0 unspecified atom stereocenters. The third-order valence-corrected chi connectivity index (χ3v) is 27.0. The SMILES string of the molecule is C.CO.Clc1nc(Cl)c2cccn2n1.NC1CC2(C1)CC(O)C2.Nc1cn(C2CC3(CC(O)C3)C2)cn1.O=[N+]([O-])c1cn(C2CC3(CC(O)C3)C2)cn1.O=[N+]([O-])c1cn([N+](=O)[O-])cn1.OC1CC2(C1)CC(n1cnc(Nc3nc(Cl)nn4cccc34)c1)C2.OC[C@@H]1CCCN1.OC[C@@H]1CCCN1c1nc(Nc2cn(C3CC4(CC(O)C4)C3)cn2)c2cccn2n1.[HH]. The molecule has 0 amide bonds. The van der Waals surface area contributed by atoms with Gasteiger partial charge in [0.1, 0.15) is 40.2 Å². The Bertz CT molecular complexity index is 5400. The molecule has 0 radical (unpaired) electrons. The quantitative estimate of drug-likeness (QED) is 0.0356. The fourth-order valence-electron chi connectivity index (χ4n) is 20.3. The third kappa shape index (κ3) is 20.7. The lowest BCUT2D eigenvalue weighted by atomic mass is 9.53. The molecule has 0 bridgehead atoms. The summed E-state index contributed by atoms with van der Waals surface area (Å²) in [6.07, 6.45) is 46.3. The van der Waals surface area contributed by atoms with Crippen LogP contribution in [0.5, 0.6) is 0 Å². The number of nitrogens with zero attached hydrogens (tertiary/aromatic N) is 23. The maximum absolute atomic E-state index is 10.5. The summed E-state index contributed by atoms with van der Waals surface area (Å²) in [6, 6.07) is 14.1. The monoisotopic (exact) mass is 1790 g/mol. The number of nitrogen functional groups attached to an aromatic ring is 1. The van der Waals surface area contributed by atoms with E-state index in [0.717, 1.165) is 196 Å². The van der Waals surface area contributed by atoms with E-state index in [-0.39, 0.29) is 68.4 Å². The van der Waals surface area contributed by atoms with E-state index in [2.05, 4.69) is 84.7 Å². The number of nitro groups is 3. The molecule has 11 aromatic rings. The average molecular weight is 1800 g/mol. The summed E-state index contributed by atoms with van der Waals surface area (Å²) < 4.78 is 13.8. The lowest BCUT2D eigenvalue weighted by Crippen LogP contribution is -2.55. The number of aromatic nitrogens is 19. The molecular weight excluding hydrogens is 1680 g/mol. The molecular formula is C80H111Cl3N28O14. The Labute approximate surface area is 734 Å². The summed E-state index contributed by atoms with van der Waals surface area (Å²) in [5.41, 5.74) is 15.7. The van der Waals surface area contributed by atoms with E-state index in [1.54, 1.807) is 15.2 Å². The molecule has 10 aliphatic carbocycles. The molecule has 2 atom stereocenters. The van der Waals surface area contributed by atoms with Gasteiger partial charge in [0, 0.05) is 88.5 Å². The van der Waals surface area contributed by atoms with E-state index >= 15 is 0 Å². The fourth-order valence-corrected chi connectivity index (χ4v) is 20.9. The van der Waals surface area contributed by atoms with Crippen LogP contribution in [-0.4, -0.2) is 229 Å². The van der Waals surface area contributed by atoms with Crippen molar-refractivity contribution in [1.29, 1.82) is 0 Å². The van der Waals surface area contributed by atoms with Gasteiger partial charge in [-0.05, 0) is 272 Å². The summed E-state index contributed by atoms with van der Waals surface area (Å²) in [5.74, 6) is 3.45. The summed E-state index contributed by atoms with van der Waals surface area (Å²) in [4.78, 5) is 63.9. The highest BCUT2D eigenvalue weighted by Gasteiger charge is 2.57. The Hall–Kier alpha value is -10.2. The minimum Gasteiger partial charge on any atom is -0.400 e. The number of imidazole rings is 5. The van der Waals surface area contributed by atoms with Crippen LogP contribution in [0.15, 0.2) is 118 Å². The van der Waals surface area contributed by atoms with Crippen LogP contribution in [0.2, 0.25) is 15.7 Å². The molecule has 45 heteroatoms. The predicted molar refractivity (Wildman–Crippen MR) is 463 cm³/mol. The van der Waals surface area contributed by atoms with Gasteiger partial charge in [0.25, 0.3) is 6.33 Å². The van der Waals surface area contributed by atoms with Crippen LogP contribution in [0.25, 0.3) is 16.6 Å². The second-order valence-electron chi connectivity index (χ2n) is 35.5. The number of fused-ring (bicyclic) bond motifs is 3. The van der Waals surface area contributed by atoms with Crippen molar-refractivity contribution in [3.8, 4) is 0 Å². The molecule has 676 valence electrons. The first-order valence-corrected chi connectivity index (χ1v) is 42.9. The first kappa shape index (κ1) is 91.0. The van der Waals surface area contributed by atoms with Crippen LogP contribution in [0.3, 0.4) is 0 Å². The molecule has 5 spiro atoms. The van der Waals surface area contributed by atoms with Crippen LogP contribution in [0.1, 0.15) is 187 Å². The zero-order valence-electron chi connectivity index (χ0n) is 68.3. The lowest BCUT2D eigenvalue weighted by Gasteiger charge is -2.56. The minimum absolute atomic E-state index is 0. The van der Waals surface area contributed by atoms with E-state index in [0.29, 0.717) is 103 Å². The zero-order chi connectivity index (χ0) is 87.6. The molecule has 15 N–H and O–H groups in total. The predicted octanol–water partition coefficient (Wildman–Crippen LogP) is 9.45. The molecule has 13 heterocycles. The Balaban J connectivity index is 0.000000128. The number of nitrogens with one attached hydrogen (secondary N) is 3. The lowest BCUT2D eigenvalue weighted by molar-refractivity contribution is -0.542. The highest BCUT2D eigenvalue weighted by molar-refractivity contribution is 6.34. The zero-order valence-corrected chi connectivity index (χ0v) is 70.6. The number of aliphatic hydroxyl groups excluding tert-OH is 8. The summed E-state index contributed by atoms with van der Waals surface area (Å²) >= 11 is 17.3. The smallest absolute Gasteiger partial charge is 0.388 e. The number of hydrogen-bond donors (Lipinski definition) is 13. The summed E-state index contributed by atoms with van der Waals surface area (Å²) in [7, 11) is 1.00. The molecule has 12 aliphatic rings.